The minimum absolute atomic E-state index is 0.0563. The quantitative estimate of drug-likeness (QED) is 0.217. The van der Waals surface area contributed by atoms with E-state index in [1.807, 2.05) is 0 Å². The molecule has 3 amide bonds. The zero-order valence-corrected chi connectivity index (χ0v) is 15.8. The molecule has 27 heavy (non-hydrogen) atoms. The molecule has 4 unspecified atom stereocenters. The van der Waals surface area contributed by atoms with Crippen molar-refractivity contribution in [3.05, 3.63) is 18.2 Å². The number of thiol groups is 1. The summed E-state index contributed by atoms with van der Waals surface area (Å²) in [7, 11) is 0. The van der Waals surface area contributed by atoms with Gasteiger partial charge < -0.3 is 31.8 Å². The molecule has 1 rings (SSSR count). The van der Waals surface area contributed by atoms with E-state index in [0.29, 0.717) is 5.69 Å². The third-order valence-electron chi connectivity index (χ3n) is 3.63. The van der Waals surface area contributed by atoms with Gasteiger partial charge in [0.2, 0.25) is 17.7 Å². The minimum atomic E-state index is -1.21. The maximum absolute atomic E-state index is 12.4. The van der Waals surface area contributed by atoms with Gasteiger partial charge in [0.25, 0.3) is 0 Å². The predicted molar refractivity (Wildman–Crippen MR) is 98.9 cm³/mol. The Morgan fingerprint density at radius 2 is 1.78 bits per heavy atom. The van der Waals surface area contributed by atoms with Crippen LogP contribution in [0, 0.1) is 0 Å². The fourth-order valence-corrected chi connectivity index (χ4v) is 2.13. The van der Waals surface area contributed by atoms with Crippen LogP contribution in [0.1, 0.15) is 19.5 Å². The minimum Gasteiger partial charge on any atom is -0.480 e. The lowest BCUT2D eigenvalue weighted by molar-refractivity contribution is -0.141. The summed E-state index contributed by atoms with van der Waals surface area (Å²) < 4.78 is 0. The van der Waals surface area contributed by atoms with Crippen molar-refractivity contribution in [1.82, 2.24) is 25.9 Å². The number of H-pyrrole nitrogens is 1. The van der Waals surface area contributed by atoms with E-state index in [1.54, 1.807) is 0 Å². The second-order valence-corrected chi connectivity index (χ2v) is 6.30. The Labute approximate surface area is 161 Å². The van der Waals surface area contributed by atoms with E-state index in [0.717, 1.165) is 0 Å². The van der Waals surface area contributed by atoms with Crippen LogP contribution in [-0.2, 0) is 25.6 Å². The summed E-state index contributed by atoms with van der Waals surface area (Å²) in [6.45, 7) is 2.74. The summed E-state index contributed by atoms with van der Waals surface area (Å²) in [5.41, 5.74) is 6.10. The first kappa shape index (κ1) is 22.4. The standard InChI is InChI=1S/C15H24N6O5S/c1-7(19-13(23)10(16)5-27)12(22)21-11(3-9-4-17-6-18-9)14(24)20-8(2)15(25)26/h4,6-8,10-11,27H,3,5,16H2,1-2H3,(H,17,18)(H,19,23)(H,20,24)(H,21,22)(H,25,26). The zero-order valence-electron chi connectivity index (χ0n) is 14.9. The number of nitrogens with zero attached hydrogens (tertiary/aromatic N) is 1. The van der Waals surface area contributed by atoms with Crippen molar-refractivity contribution < 1.29 is 24.3 Å². The van der Waals surface area contributed by atoms with E-state index in [9.17, 15) is 19.2 Å². The van der Waals surface area contributed by atoms with Gasteiger partial charge in [-0.05, 0) is 13.8 Å². The molecule has 11 nitrogen and oxygen atoms in total. The summed E-state index contributed by atoms with van der Waals surface area (Å²) >= 11 is 3.91. The Bertz CT molecular complexity index is 668. The fourth-order valence-electron chi connectivity index (χ4n) is 1.97. The lowest BCUT2D eigenvalue weighted by atomic mass is 10.1. The number of imidazole rings is 1. The Morgan fingerprint density at radius 1 is 1.15 bits per heavy atom. The number of aromatic amines is 1. The van der Waals surface area contributed by atoms with E-state index in [-0.39, 0.29) is 12.2 Å². The first-order valence-corrected chi connectivity index (χ1v) is 8.76. The number of amides is 3. The number of rotatable bonds is 10. The number of hydrogen-bond donors (Lipinski definition) is 7. The van der Waals surface area contributed by atoms with Gasteiger partial charge in [-0.15, -0.1) is 0 Å². The number of nitrogens with two attached hydrogens (primary N) is 1. The molecule has 0 radical (unpaired) electrons. The largest absolute Gasteiger partial charge is 0.480 e. The van der Waals surface area contributed by atoms with E-state index < -0.39 is 47.9 Å². The van der Waals surface area contributed by atoms with Crippen LogP contribution in [0.4, 0.5) is 0 Å². The van der Waals surface area contributed by atoms with Crippen LogP contribution in [0.15, 0.2) is 12.5 Å². The van der Waals surface area contributed by atoms with Crippen molar-refractivity contribution >= 4 is 36.3 Å². The zero-order chi connectivity index (χ0) is 20.6. The summed E-state index contributed by atoms with van der Waals surface area (Å²) in [6, 6.07) is -4.04. The summed E-state index contributed by atoms with van der Waals surface area (Å²) in [4.78, 5) is 54.1. The van der Waals surface area contributed by atoms with Gasteiger partial charge in [0, 0.05) is 24.1 Å². The third kappa shape index (κ3) is 7.27. The van der Waals surface area contributed by atoms with Crippen LogP contribution in [0.3, 0.4) is 0 Å². The molecule has 1 aromatic rings. The topological polar surface area (TPSA) is 179 Å². The molecule has 0 saturated carbocycles. The van der Waals surface area contributed by atoms with Crippen molar-refractivity contribution in [1.29, 1.82) is 0 Å². The van der Waals surface area contributed by atoms with Crippen LogP contribution >= 0.6 is 12.6 Å². The number of nitrogens with one attached hydrogen (secondary N) is 4. The SMILES string of the molecule is CC(NC(=O)C(Cc1cnc[nH]1)NC(=O)C(C)NC(=O)C(N)CS)C(=O)O. The van der Waals surface area contributed by atoms with Gasteiger partial charge in [-0.2, -0.15) is 12.6 Å². The molecule has 0 aliphatic rings. The van der Waals surface area contributed by atoms with Gasteiger partial charge in [-0.3, -0.25) is 19.2 Å². The summed E-state index contributed by atoms with van der Waals surface area (Å²) in [5.74, 6) is -2.97. The molecular formula is C15H24N6O5S. The maximum Gasteiger partial charge on any atom is 0.325 e. The van der Waals surface area contributed by atoms with Gasteiger partial charge in [0.1, 0.15) is 18.1 Å². The Morgan fingerprint density at radius 3 is 2.30 bits per heavy atom. The highest BCUT2D eigenvalue weighted by Gasteiger charge is 2.27. The number of carboxylic acids is 1. The van der Waals surface area contributed by atoms with Crippen molar-refractivity contribution in [2.45, 2.75) is 44.4 Å². The van der Waals surface area contributed by atoms with E-state index in [4.69, 9.17) is 10.8 Å². The third-order valence-corrected chi connectivity index (χ3v) is 4.02. The van der Waals surface area contributed by atoms with Crippen LogP contribution < -0.4 is 21.7 Å². The van der Waals surface area contributed by atoms with Crippen molar-refractivity contribution in [3.8, 4) is 0 Å². The lowest BCUT2D eigenvalue weighted by Crippen LogP contribution is -2.56. The molecule has 0 aromatic carbocycles. The number of hydrogen-bond acceptors (Lipinski definition) is 7. The van der Waals surface area contributed by atoms with Crippen molar-refractivity contribution in [2.75, 3.05) is 5.75 Å². The Balaban J connectivity index is 2.80. The summed E-state index contributed by atoms with van der Waals surface area (Å²) in [5, 5.41) is 16.1. The predicted octanol–water partition coefficient (Wildman–Crippen LogP) is -2.21. The molecule has 1 heterocycles. The molecule has 0 spiro atoms. The van der Waals surface area contributed by atoms with E-state index >= 15 is 0 Å². The molecule has 4 atom stereocenters. The van der Waals surface area contributed by atoms with Crippen LogP contribution in [0.2, 0.25) is 0 Å². The van der Waals surface area contributed by atoms with Gasteiger partial charge in [0.05, 0.1) is 12.4 Å². The normalized spacial score (nSPS) is 15.1. The van der Waals surface area contributed by atoms with Crippen LogP contribution in [0.25, 0.3) is 0 Å². The molecule has 150 valence electrons. The molecular weight excluding hydrogens is 376 g/mol. The second kappa shape index (κ2) is 10.5. The van der Waals surface area contributed by atoms with Crippen LogP contribution in [-0.4, -0.2) is 68.7 Å². The molecule has 0 aliphatic carbocycles. The van der Waals surface area contributed by atoms with Crippen LogP contribution in [0.5, 0.6) is 0 Å². The fraction of sp³-hybridized carbons (Fsp3) is 0.533. The molecule has 7 N–H and O–H groups in total. The molecule has 0 saturated heterocycles. The lowest BCUT2D eigenvalue weighted by Gasteiger charge is -2.22. The number of carbonyl (C=O) groups is 4. The molecule has 0 fully saturated rings. The van der Waals surface area contributed by atoms with E-state index in [1.165, 1.54) is 26.4 Å². The highest BCUT2D eigenvalue weighted by Crippen LogP contribution is 2.01. The van der Waals surface area contributed by atoms with Gasteiger partial charge in [-0.1, -0.05) is 0 Å². The molecule has 12 heteroatoms. The molecule has 0 aliphatic heterocycles. The smallest absolute Gasteiger partial charge is 0.325 e. The Kier molecular flexibility index (Phi) is 8.75. The average Bonchev–Trinajstić information content (AvgIpc) is 3.12. The highest BCUT2D eigenvalue weighted by atomic mass is 32.1. The number of carboxylic acid groups (broad SMARTS) is 1. The highest BCUT2D eigenvalue weighted by molar-refractivity contribution is 7.80. The number of carbonyl (C=O) groups excluding carboxylic acids is 3. The Hall–Kier alpha value is -2.60. The average molecular weight is 400 g/mol. The molecule has 1 aromatic heterocycles. The second-order valence-electron chi connectivity index (χ2n) is 5.93. The first-order valence-electron chi connectivity index (χ1n) is 8.13. The summed E-state index contributed by atoms with van der Waals surface area (Å²) in [6.07, 6.45) is 2.94. The molecule has 0 bridgehead atoms. The first-order chi connectivity index (χ1) is 12.6. The van der Waals surface area contributed by atoms with Gasteiger partial charge >= 0.3 is 5.97 Å². The monoisotopic (exact) mass is 400 g/mol. The number of aromatic nitrogens is 2. The van der Waals surface area contributed by atoms with Crippen molar-refractivity contribution in [3.63, 3.8) is 0 Å². The number of aliphatic carboxylic acids is 1. The van der Waals surface area contributed by atoms with Gasteiger partial charge in [-0.25, -0.2) is 4.98 Å². The van der Waals surface area contributed by atoms with Crippen molar-refractivity contribution in [2.24, 2.45) is 5.73 Å². The van der Waals surface area contributed by atoms with E-state index in [2.05, 4.69) is 38.5 Å². The maximum atomic E-state index is 12.4. The van der Waals surface area contributed by atoms with Gasteiger partial charge in [0.15, 0.2) is 0 Å².